The Bertz CT molecular complexity index is 412. The second-order valence-electron chi connectivity index (χ2n) is 4.10. The van der Waals surface area contributed by atoms with Crippen molar-refractivity contribution in [2.24, 2.45) is 0 Å². The maximum atomic E-state index is 13.0. The van der Waals surface area contributed by atoms with Crippen LogP contribution < -0.4 is 5.32 Å². The van der Waals surface area contributed by atoms with Gasteiger partial charge in [0.25, 0.3) is 5.69 Å². The predicted octanol–water partition coefficient (Wildman–Crippen LogP) is 1.78. The summed E-state index contributed by atoms with van der Waals surface area (Å²) in [5.74, 6) is -0.455. The molecule has 0 bridgehead atoms. The van der Waals surface area contributed by atoms with Crippen molar-refractivity contribution in [3.8, 4) is 0 Å². The molecule has 0 fully saturated rings. The molecule has 6 heteroatoms. The number of rotatable bonds is 7. The molecule has 1 aromatic carbocycles. The van der Waals surface area contributed by atoms with Crippen LogP contribution in [-0.4, -0.2) is 36.5 Å². The molecule has 0 heterocycles. The average Bonchev–Trinajstić information content (AvgIpc) is 2.34. The first-order valence-electron chi connectivity index (χ1n) is 5.86. The van der Waals surface area contributed by atoms with Crippen LogP contribution in [0.5, 0.6) is 0 Å². The minimum absolute atomic E-state index is 0.0484. The van der Waals surface area contributed by atoms with Crippen molar-refractivity contribution in [3.63, 3.8) is 0 Å². The fourth-order valence-corrected chi connectivity index (χ4v) is 1.52. The summed E-state index contributed by atoms with van der Waals surface area (Å²) >= 11 is 0. The zero-order valence-electron chi connectivity index (χ0n) is 10.6. The van der Waals surface area contributed by atoms with Gasteiger partial charge in [0.05, 0.1) is 4.92 Å². The van der Waals surface area contributed by atoms with Gasteiger partial charge in [-0.2, -0.15) is 0 Å². The zero-order chi connectivity index (χ0) is 13.5. The van der Waals surface area contributed by atoms with Crippen LogP contribution in [-0.2, 0) is 6.54 Å². The molecule has 18 heavy (non-hydrogen) atoms. The molecule has 1 aromatic rings. The summed E-state index contributed by atoms with van der Waals surface area (Å²) in [6, 6.07) is 3.51. The third kappa shape index (κ3) is 4.38. The highest BCUT2D eigenvalue weighted by Gasteiger charge is 2.13. The Morgan fingerprint density at radius 2 is 2.22 bits per heavy atom. The molecule has 0 radical (unpaired) electrons. The van der Waals surface area contributed by atoms with E-state index in [-0.39, 0.29) is 5.69 Å². The topological polar surface area (TPSA) is 58.4 Å². The normalized spacial score (nSPS) is 10.9. The van der Waals surface area contributed by atoms with Crippen molar-refractivity contribution < 1.29 is 9.31 Å². The van der Waals surface area contributed by atoms with Crippen LogP contribution in [0.4, 0.5) is 10.1 Å². The Labute approximate surface area is 106 Å². The van der Waals surface area contributed by atoms with Gasteiger partial charge in [0, 0.05) is 31.3 Å². The summed E-state index contributed by atoms with van der Waals surface area (Å²) < 4.78 is 13.0. The smallest absolute Gasteiger partial charge is 0.274 e. The van der Waals surface area contributed by atoms with Gasteiger partial charge in [0.1, 0.15) is 5.82 Å². The second kappa shape index (κ2) is 7.03. The van der Waals surface area contributed by atoms with E-state index < -0.39 is 10.7 Å². The fourth-order valence-electron chi connectivity index (χ4n) is 1.52. The minimum Gasteiger partial charge on any atom is -0.311 e. The van der Waals surface area contributed by atoms with Crippen molar-refractivity contribution in [3.05, 3.63) is 39.7 Å². The molecule has 0 spiro atoms. The van der Waals surface area contributed by atoms with Gasteiger partial charge in [0.2, 0.25) is 0 Å². The molecule has 0 saturated heterocycles. The molecule has 0 aliphatic rings. The number of benzene rings is 1. The van der Waals surface area contributed by atoms with Crippen molar-refractivity contribution in [2.75, 3.05) is 26.7 Å². The number of hydrogen-bond donors (Lipinski definition) is 1. The molecule has 0 aliphatic heterocycles. The third-order valence-electron chi connectivity index (χ3n) is 2.76. The highest BCUT2D eigenvalue weighted by molar-refractivity contribution is 5.40. The summed E-state index contributed by atoms with van der Waals surface area (Å²) in [7, 11) is 1.99. The van der Waals surface area contributed by atoms with Crippen LogP contribution in [0.2, 0.25) is 0 Å². The summed E-state index contributed by atoms with van der Waals surface area (Å²) in [6.45, 7) is 4.85. The van der Waals surface area contributed by atoms with E-state index in [0.717, 1.165) is 19.2 Å². The van der Waals surface area contributed by atoms with E-state index in [1.807, 2.05) is 7.05 Å². The van der Waals surface area contributed by atoms with Gasteiger partial charge in [-0.15, -0.1) is 0 Å². The van der Waals surface area contributed by atoms with Gasteiger partial charge in [-0.25, -0.2) is 4.39 Å². The molecule has 5 nitrogen and oxygen atoms in total. The van der Waals surface area contributed by atoms with Crippen LogP contribution in [0.25, 0.3) is 0 Å². The van der Waals surface area contributed by atoms with Gasteiger partial charge >= 0.3 is 0 Å². The first-order valence-corrected chi connectivity index (χ1v) is 5.86. The van der Waals surface area contributed by atoms with Crippen molar-refractivity contribution in [1.29, 1.82) is 0 Å². The van der Waals surface area contributed by atoms with Gasteiger partial charge < -0.3 is 10.2 Å². The van der Waals surface area contributed by atoms with E-state index in [0.29, 0.717) is 18.7 Å². The summed E-state index contributed by atoms with van der Waals surface area (Å²) in [4.78, 5) is 12.4. The number of hydrogen-bond acceptors (Lipinski definition) is 4. The Balaban J connectivity index is 2.55. The van der Waals surface area contributed by atoms with Crippen LogP contribution in [0.1, 0.15) is 12.5 Å². The van der Waals surface area contributed by atoms with Crippen molar-refractivity contribution in [1.82, 2.24) is 10.2 Å². The lowest BCUT2D eigenvalue weighted by atomic mass is 10.1. The highest BCUT2D eigenvalue weighted by atomic mass is 19.1. The molecule has 0 saturated carbocycles. The molecule has 100 valence electrons. The first-order chi connectivity index (χ1) is 8.54. The van der Waals surface area contributed by atoms with Crippen LogP contribution in [0, 0.1) is 15.9 Å². The highest BCUT2D eigenvalue weighted by Crippen LogP contribution is 2.19. The number of likely N-dealkylation sites (N-methyl/N-ethyl adjacent to an activating group) is 1. The Kier molecular flexibility index (Phi) is 5.67. The maximum absolute atomic E-state index is 13.0. The molecule has 1 N–H and O–H groups in total. The Hall–Kier alpha value is -1.53. The number of nitrogens with one attached hydrogen (secondary N) is 1. The van der Waals surface area contributed by atoms with Crippen LogP contribution in [0.3, 0.4) is 0 Å². The molecule has 1 rings (SSSR count). The molecular formula is C12H18FN3O2. The minimum atomic E-state index is -0.491. The largest absolute Gasteiger partial charge is 0.311 e. The molecular weight excluding hydrogens is 237 g/mol. The SMILES string of the molecule is CCN(C)CCNCc1cc(F)ccc1[N+](=O)[O-]. The van der Waals surface area contributed by atoms with E-state index in [9.17, 15) is 14.5 Å². The average molecular weight is 255 g/mol. The lowest BCUT2D eigenvalue weighted by Crippen LogP contribution is -2.28. The fraction of sp³-hybridized carbons (Fsp3) is 0.500. The lowest BCUT2D eigenvalue weighted by molar-refractivity contribution is -0.385. The number of halogens is 1. The monoisotopic (exact) mass is 255 g/mol. The third-order valence-corrected chi connectivity index (χ3v) is 2.76. The lowest BCUT2D eigenvalue weighted by Gasteiger charge is -2.14. The second-order valence-corrected chi connectivity index (χ2v) is 4.10. The van der Waals surface area contributed by atoms with E-state index in [2.05, 4.69) is 17.1 Å². The molecule has 0 amide bonds. The molecule has 0 aliphatic carbocycles. The predicted molar refractivity (Wildman–Crippen MR) is 67.9 cm³/mol. The van der Waals surface area contributed by atoms with Gasteiger partial charge in [-0.05, 0) is 25.7 Å². The summed E-state index contributed by atoms with van der Waals surface area (Å²) in [6.07, 6.45) is 0. The standard InChI is InChI=1S/C12H18FN3O2/c1-3-15(2)7-6-14-9-10-8-11(13)4-5-12(10)16(17)18/h4-5,8,14H,3,6-7,9H2,1-2H3. The van der Waals surface area contributed by atoms with Crippen molar-refractivity contribution in [2.45, 2.75) is 13.5 Å². The van der Waals surface area contributed by atoms with E-state index >= 15 is 0 Å². The van der Waals surface area contributed by atoms with E-state index in [1.165, 1.54) is 12.1 Å². The van der Waals surface area contributed by atoms with Crippen LogP contribution in [0.15, 0.2) is 18.2 Å². The maximum Gasteiger partial charge on any atom is 0.274 e. The number of nitrogens with zero attached hydrogens (tertiary/aromatic N) is 2. The first kappa shape index (κ1) is 14.5. The molecule has 0 unspecified atom stereocenters. The zero-order valence-corrected chi connectivity index (χ0v) is 10.6. The summed E-state index contributed by atoms with van der Waals surface area (Å²) in [5.41, 5.74) is 0.326. The molecule has 0 aromatic heterocycles. The Morgan fingerprint density at radius 1 is 1.50 bits per heavy atom. The number of nitro benzene ring substituents is 1. The quantitative estimate of drug-likeness (QED) is 0.458. The molecule has 0 atom stereocenters. The van der Waals surface area contributed by atoms with E-state index in [4.69, 9.17) is 0 Å². The van der Waals surface area contributed by atoms with Gasteiger partial charge in [-0.1, -0.05) is 6.92 Å². The van der Waals surface area contributed by atoms with Crippen molar-refractivity contribution >= 4 is 5.69 Å². The van der Waals surface area contributed by atoms with E-state index in [1.54, 1.807) is 0 Å². The van der Waals surface area contributed by atoms with Gasteiger partial charge in [0.15, 0.2) is 0 Å². The number of nitro groups is 1. The van der Waals surface area contributed by atoms with Crippen LogP contribution >= 0.6 is 0 Å². The summed E-state index contributed by atoms with van der Waals surface area (Å²) in [5, 5.41) is 13.8. The Morgan fingerprint density at radius 3 is 2.83 bits per heavy atom. The van der Waals surface area contributed by atoms with Gasteiger partial charge in [-0.3, -0.25) is 10.1 Å².